The maximum absolute atomic E-state index is 12.8. The first-order valence-electron chi connectivity index (χ1n) is 9.55. The molecule has 1 aliphatic heterocycles. The Kier molecular flexibility index (Phi) is 5.29. The number of ether oxygens (including phenoxy) is 1. The highest BCUT2D eigenvalue weighted by molar-refractivity contribution is 6.03. The maximum Gasteiger partial charge on any atom is 0.252 e. The van der Waals surface area contributed by atoms with Gasteiger partial charge < -0.3 is 15.0 Å². The Morgan fingerprint density at radius 2 is 1.72 bits per heavy atom. The number of fused-ring (bicyclic) bond motifs is 1. The van der Waals surface area contributed by atoms with Crippen LogP contribution in [0.2, 0.25) is 0 Å². The number of nitrogens with zero attached hydrogens (tertiary/aromatic N) is 1. The van der Waals surface area contributed by atoms with E-state index in [9.17, 15) is 9.59 Å². The van der Waals surface area contributed by atoms with Crippen molar-refractivity contribution in [3.05, 3.63) is 95.6 Å². The zero-order valence-electron chi connectivity index (χ0n) is 16.2. The van der Waals surface area contributed by atoms with Crippen LogP contribution in [0.15, 0.2) is 78.9 Å². The Balaban J connectivity index is 1.48. The molecule has 146 valence electrons. The molecule has 0 spiro atoms. The second kappa shape index (κ2) is 8.19. The van der Waals surface area contributed by atoms with Crippen molar-refractivity contribution in [3.8, 4) is 5.75 Å². The second-order valence-electron chi connectivity index (χ2n) is 7.06. The monoisotopic (exact) mass is 386 g/mol. The Morgan fingerprint density at radius 1 is 1.00 bits per heavy atom. The van der Waals surface area contributed by atoms with Crippen molar-refractivity contribution in [1.29, 1.82) is 0 Å². The van der Waals surface area contributed by atoms with Crippen molar-refractivity contribution in [2.24, 2.45) is 0 Å². The van der Waals surface area contributed by atoms with Gasteiger partial charge in [-0.1, -0.05) is 54.6 Å². The van der Waals surface area contributed by atoms with Crippen LogP contribution in [0, 0.1) is 0 Å². The summed E-state index contributed by atoms with van der Waals surface area (Å²) >= 11 is 0. The fourth-order valence-corrected chi connectivity index (χ4v) is 3.45. The fourth-order valence-electron chi connectivity index (χ4n) is 3.45. The molecule has 1 atom stereocenters. The molecule has 1 aliphatic rings. The Bertz CT molecular complexity index is 1030. The lowest BCUT2D eigenvalue weighted by molar-refractivity contribution is -0.120. The van der Waals surface area contributed by atoms with E-state index in [0.29, 0.717) is 17.0 Å². The molecule has 1 N–H and O–H groups in total. The highest BCUT2D eigenvalue weighted by atomic mass is 16.5. The van der Waals surface area contributed by atoms with Gasteiger partial charge in [0.2, 0.25) is 0 Å². The number of carbonyl (C=O) groups excluding carboxylic acids is 2. The van der Waals surface area contributed by atoms with Crippen LogP contribution in [0.25, 0.3) is 0 Å². The Labute approximate surface area is 169 Å². The van der Waals surface area contributed by atoms with Crippen LogP contribution in [0.5, 0.6) is 5.75 Å². The first-order valence-corrected chi connectivity index (χ1v) is 9.55. The molecular formula is C24H22N2O3. The predicted octanol–water partition coefficient (Wildman–Crippen LogP) is 3.43. The summed E-state index contributed by atoms with van der Waals surface area (Å²) in [5.74, 6) is 0.134. The summed E-state index contributed by atoms with van der Waals surface area (Å²) < 4.78 is 5.76. The van der Waals surface area contributed by atoms with Crippen LogP contribution in [0.3, 0.4) is 0 Å². The minimum Gasteiger partial charge on any atom is -0.489 e. The molecule has 0 fully saturated rings. The summed E-state index contributed by atoms with van der Waals surface area (Å²) in [5, 5.41) is 2.83. The number of para-hydroxylation sites is 2. The van der Waals surface area contributed by atoms with E-state index >= 15 is 0 Å². The normalized spacial score (nSPS) is 15.8. The number of hydrogen-bond acceptors (Lipinski definition) is 3. The number of benzene rings is 3. The standard InChI is InChI=1S/C24H22N2O3/c1-26-21-12-5-6-13-22(21)29-16-20(24(26)28)25-23(27)19-11-7-10-18(15-19)14-17-8-3-2-4-9-17/h2-13,15,20H,14,16H2,1H3,(H,25,27)/t20-/m0/s1. The molecular weight excluding hydrogens is 364 g/mol. The quantitative estimate of drug-likeness (QED) is 0.747. The summed E-state index contributed by atoms with van der Waals surface area (Å²) in [4.78, 5) is 27.2. The molecule has 0 radical (unpaired) electrons. The highest BCUT2D eigenvalue weighted by Crippen LogP contribution is 2.29. The van der Waals surface area contributed by atoms with Gasteiger partial charge in [-0.25, -0.2) is 0 Å². The van der Waals surface area contributed by atoms with Gasteiger partial charge in [-0.15, -0.1) is 0 Å². The van der Waals surface area contributed by atoms with Crippen LogP contribution in [-0.2, 0) is 11.2 Å². The maximum atomic E-state index is 12.8. The van der Waals surface area contributed by atoms with Gasteiger partial charge >= 0.3 is 0 Å². The van der Waals surface area contributed by atoms with Crippen LogP contribution >= 0.6 is 0 Å². The average molecular weight is 386 g/mol. The summed E-state index contributed by atoms with van der Waals surface area (Å²) in [5.41, 5.74) is 3.43. The number of rotatable bonds is 4. The number of likely N-dealkylation sites (N-methyl/N-ethyl adjacent to an activating group) is 1. The van der Waals surface area contributed by atoms with E-state index in [1.54, 1.807) is 13.1 Å². The minimum atomic E-state index is -0.752. The van der Waals surface area contributed by atoms with E-state index in [1.165, 1.54) is 10.5 Å². The molecule has 1 heterocycles. The van der Waals surface area contributed by atoms with Crippen molar-refractivity contribution < 1.29 is 14.3 Å². The molecule has 2 amide bonds. The van der Waals surface area contributed by atoms with Gasteiger partial charge in [0.1, 0.15) is 18.4 Å². The lowest BCUT2D eigenvalue weighted by Gasteiger charge is -2.20. The Morgan fingerprint density at radius 3 is 2.55 bits per heavy atom. The van der Waals surface area contributed by atoms with Crippen molar-refractivity contribution in [1.82, 2.24) is 5.32 Å². The topological polar surface area (TPSA) is 58.6 Å². The summed E-state index contributed by atoms with van der Waals surface area (Å²) in [6.07, 6.45) is 0.742. The number of amides is 2. The van der Waals surface area contributed by atoms with Crippen LogP contribution in [-0.4, -0.2) is 31.5 Å². The number of anilines is 1. The molecule has 0 aromatic heterocycles. The van der Waals surface area contributed by atoms with Crippen molar-refractivity contribution in [2.75, 3.05) is 18.6 Å². The molecule has 29 heavy (non-hydrogen) atoms. The highest BCUT2D eigenvalue weighted by Gasteiger charge is 2.30. The molecule has 0 unspecified atom stereocenters. The second-order valence-corrected chi connectivity index (χ2v) is 7.06. The Hall–Kier alpha value is -3.60. The predicted molar refractivity (Wildman–Crippen MR) is 112 cm³/mol. The zero-order chi connectivity index (χ0) is 20.2. The van der Waals surface area contributed by atoms with Crippen LogP contribution in [0.4, 0.5) is 5.69 Å². The first kappa shape index (κ1) is 18.7. The molecule has 0 saturated heterocycles. The molecule has 0 bridgehead atoms. The third kappa shape index (κ3) is 4.14. The lowest BCUT2D eigenvalue weighted by atomic mass is 10.0. The smallest absolute Gasteiger partial charge is 0.252 e. The summed E-state index contributed by atoms with van der Waals surface area (Å²) in [6, 6.07) is 24.2. The molecule has 0 saturated carbocycles. The molecule has 3 aromatic rings. The minimum absolute atomic E-state index is 0.0929. The number of hydrogen-bond donors (Lipinski definition) is 1. The van der Waals surface area contributed by atoms with Crippen molar-refractivity contribution in [3.63, 3.8) is 0 Å². The average Bonchev–Trinajstić information content (AvgIpc) is 2.87. The van der Waals surface area contributed by atoms with Gasteiger partial charge in [-0.2, -0.15) is 0 Å². The van der Waals surface area contributed by atoms with Crippen molar-refractivity contribution in [2.45, 2.75) is 12.5 Å². The van der Waals surface area contributed by atoms with Gasteiger partial charge in [-0.05, 0) is 41.8 Å². The van der Waals surface area contributed by atoms with Gasteiger partial charge in [0, 0.05) is 12.6 Å². The van der Waals surface area contributed by atoms with Gasteiger partial charge in [0.05, 0.1) is 5.69 Å². The number of nitrogens with one attached hydrogen (secondary N) is 1. The van der Waals surface area contributed by atoms with Crippen LogP contribution < -0.4 is 15.0 Å². The van der Waals surface area contributed by atoms with E-state index in [1.807, 2.05) is 60.7 Å². The first-order chi connectivity index (χ1) is 14.1. The van der Waals surface area contributed by atoms with Crippen molar-refractivity contribution >= 4 is 17.5 Å². The third-order valence-electron chi connectivity index (χ3n) is 5.01. The molecule has 5 heteroatoms. The van der Waals surface area contributed by atoms with E-state index in [2.05, 4.69) is 17.4 Å². The molecule has 5 nitrogen and oxygen atoms in total. The lowest BCUT2D eigenvalue weighted by Crippen LogP contribution is -2.49. The van der Waals surface area contributed by atoms with Gasteiger partial charge in [0.25, 0.3) is 11.8 Å². The van der Waals surface area contributed by atoms with E-state index in [4.69, 9.17) is 4.74 Å². The van der Waals surface area contributed by atoms with E-state index in [-0.39, 0.29) is 18.4 Å². The zero-order valence-corrected chi connectivity index (χ0v) is 16.2. The molecule has 3 aromatic carbocycles. The van der Waals surface area contributed by atoms with E-state index in [0.717, 1.165) is 12.0 Å². The number of carbonyl (C=O) groups is 2. The van der Waals surface area contributed by atoms with Crippen LogP contribution in [0.1, 0.15) is 21.5 Å². The van der Waals surface area contributed by atoms with Gasteiger partial charge in [-0.3, -0.25) is 9.59 Å². The fraction of sp³-hybridized carbons (Fsp3) is 0.167. The summed E-state index contributed by atoms with van der Waals surface area (Å²) in [7, 11) is 1.69. The third-order valence-corrected chi connectivity index (χ3v) is 5.01. The molecule has 0 aliphatic carbocycles. The summed E-state index contributed by atoms with van der Waals surface area (Å²) in [6.45, 7) is 0.0929. The SMILES string of the molecule is CN1C(=O)[C@@H](NC(=O)c2cccc(Cc3ccccc3)c2)COc2ccccc21. The molecule has 4 rings (SSSR count). The largest absolute Gasteiger partial charge is 0.489 e. The van der Waals surface area contributed by atoms with E-state index < -0.39 is 6.04 Å². The van der Waals surface area contributed by atoms with Gasteiger partial charge in [0.15, 0.2) is 0 Å².